The van der Waals surface area contributed by atoms with Crippen LogP contribution in [-0.2, 0) is 9.59 Å². The fourth-order valence-corrected chi connectivity index (χ4v) is 2.51. The fraction of sp³-hybridized carbons (Fsp3) is 0.235. The molecule has 1 aromatic heterocycles. The molecule has 2 N–H and O–H groups in total. The van der Waals surface area contributed by atoms with E-state index in [9.17, 15) is 14.0 Å². The number of nitrogens with one attached hydrogen (secondary N) is 2. The summed E-state index contributed by atoms with van der Waals surface area (Å²) in [5.74, 6) is -1.61. The van der Waals surface area contributed by atoms with Crippen molar-refractivity contribution in [3.63, 3.8) is 0 Å². The van der Waals surface area contributed by atoms with Gasteiger partial charge in [0.25, 0.3) is 5.91 Å². The van der Waals surface area contributed by atoms with Crippen LogP contribution in [0.4, 0.5) is 10.1 Å². The smallest absolute Gasteiger partial charge is 0.258 e. The van der Waals surface area contributed by atoms with E-state index in [-0.39, 0.29) is 13.0 Å². The van der Waals surface area contributed by atoms with Crippen LogP contribution in [0.1, 0.15) is 17.9 Å². The Balaban J connectivity index is 1.51. The molecule has 1 fully saturated rings. The zero-order valence-corrected chi connectivity index (χ0v) is 12.3. The lowest BCUT2D eigenvalue weighted by Crippen LogP contribution is -2.39. The number of benzene rings is 1. The van der Waals surface area contributed by atoms with Gasteiger partial charge in [0.1, 0.15) is 0 Å². The SMILES string of the molecule is O=C(CNC(=O)[C@]1(F)C[C@H]1c1ccccc1)Nc1cccnc1. The molecule has 2 atom stereocenters. The van der Waals surface area contributed by atoms with Crippen LogP contribution < -0.4 is 10.6 Å². The summed E-state index contributed by atoms with van der Waals surface area (Å²) in [6.45, 7) is -0.277. The van der Waals surface area contributed by atoms with E-state index in [2.05, 4.69) is 15.6 Å². The van der Waals surface area contributed by atoms with Crippen LogP contribution in [0.5, 0.6) is 0 Å². The molecular weight excluding hydrogens is 297 g/mol. The number of hydrogen-bond donors (Lipinski definition) is 2. The van der Waals surface area contributed by atoms with E-state index in [0.29, 0.717) is 5.69 Å². The summed E-state index contributed by atoms with van der Waals surface area (Å²) >= 11 is 0. The van der Waals surface area contributed by atoms with Crippen molar-refractivity contribution < 1.29 is 14.0 Å². The third-order valence-corrected chi connectivity index (χ3v) is 3.83. The Hall–Kier alpha value is -2.76. The molecule has 2 aromatic rings. The van der Waals surface area contributed by atoms with Crippen molar-refractivity contribution in [2.45, 2.75) is 18.0 Å². The van der Waals surface area contributed by atoms with Crippen molar-refractivity contribution in [2.24, 2.45) is 0 Å². The zero-order chi connectivity index (χ0) is 16.3. The Morgan fingerprint density at radius 2 is 2.00 bits per heavy atom. The quantitative estimate of drug-likeness (QED) is 0.887. The van der Waals surface area contributed by atoms with Crippen molar-refractivity contribution in [2.75, 3.05) is 11.9 Å². The molecule has 5 nitrogen and oxygen atoms in total. The number of carbonyl (C=O) groups excluding carboxylic acids is 2. The minimum Gasteiger partial charge on any atom is -0.344 e. The van der Waals surface area contributed by atoms with Gasteiger partial charge in [-0.3, -0.25) is 14.6 Å². The first-order chi connectivity index (χ1) is 11.1. The van der Waals surface area contributed by atoms with Gasteiger partial charge in [0.15, 0.2) is 5.67 Å². The molecule has 118 valence electrons. The predicted molar refractivity (Wildman–Crippen MR) is 83.5 cm³/mol. The summed E-state index contributed by atoms with van der Waals surface area (Å²) in [5, 5.41) is 4.93. The monoisotopic (exact) mass is 313 g/mol. The van der Waals surface area contributed by atoms with Crippen molar-refractivity contribution >= 4 is 17.5 Å². The number of pyridine rings is 1. The van der Waals surface area contributed by atoms with Gasteiger partial charge >= 0.3 is 0 Å². The van der Waals surface area contributed by atoms with Gasteiger partial charge in [-0.25, -0.2) is 4.39 Å². The van der Waals surface area contributed by atoms with Crippen LogP contribution in [0, 0.1) is 0 Å². The molecule has 3 rings (SSSR count). The van der Waals surface area contributed by atoms with Gasteiger partial charge in [0.2, 0.25) is 5.91 Å². The first-order valence-corrected chi connectivity index (χ1v) is 7.31. The van der Waals surface area contributed by atoms with Crippen molar-refractivity contribution in [3.8, 4) is 0 Å². The second kappa shape index (κ2) is 6.16. The third-order valence-electron chi connectivity index (χ3n) is 3.83. The minimum atomic E-state index is -1.92. The van der Waals surface area contributed by atoms with E-state index in [4.69, 9.17) is 0 Å². The molecule has 1 aromatic carbocycles. The summed E-state index contributed by atoms with van der Waals surface area (Å²) in [5.41, 5.74) is -0.601. The lowest BCUT2D eigenvalue weighted by molar-refractivity contribution is -0.129. The van der Waals surface area contributed by atoms with Crippen LogP contribution in [0.3, 0.4) is 0 Å². The van der Waals surface area contributed by atoms with E-state index >= 15 is 0 Å². The van der Waals surface area contributed by atoms with E-state index < -0.39 is 23.4 Å². The lowest BCUT2D eigenvalue weighted by Gasteiger charge is -2.10. The number of carbonyl (C=O) groups is 2. The normalized spacial score (nSPS) is 22.2. The molecule has 23 heavy (non-hydrogen) atoms. The molecule has 0 saturated heterocycles. The van der Waals surface area contributed by atoms with Crippen molar-refractivity contribution in [3.05, 3.63) is 60.4 Å². The molecule has 6 heteroatoms. The number of alkyl halides is 1. The summed E-state index contributed by atoms with van der Waals surface area (Å²) in [6.07, 6.45) is 3.22. The highest BCUT2D eigenvalue weighted by Gasteiger charge is 2.62. The molecule has 1 aliphatic carbocycles. The number of aromatic nitrogens is 1. The van der Waals surface area contributed by atoms with Gasteiger partial charge in [0.05, 0.1) is 18.4 Å². The average molecular weight is 313 g/mol. The highest BCUT2D eigenvalue weighted by atomic mass is 19.1. The first kappa shape index (κ1) is 15.1. The lowest BCUT2D eigenvalue weighted by atomic mass is 10.1. The molecule has 1 aliphatic rings. The first-order valence-electron chi connectivity index (χ1n) is 7.31. The number of halogens is 1. The van der Waals surface area contributed by atoms with E-state index in [1.807, 2.05) is 18.2 Å². The average Bonchev–Trinajstić information content (AvgIpc) is 3.28. The van der Waals surface area contributed by atoms with Gasteiger partial charge < -0.3 is 10.6 Å². The van der Waals surface area contributed by atoms with E-state index in [1.165, 1.54) is 6.20 Å². The van der Waals surface area contributed by atoms with Crippen molar-refractivity contribution in [1.82, 2.24) is 10.3 Å². The number of anilines is 1. The predicted octanol–water partition coefficient (Wildman–Crippen LogP) is 2.03. The van der Waals surface area contributed by atoms with Crippen LogP contribution in [0.2, 0.25) is 0 Å². The van der Waals surface area contributed by atoms with Gasteiger partial charge in [0, 0.05) is 18.5 Å². The number of nitrogens with zero attached hydrogens (tertiary/aromatic N) is 1. The largest absolute Gasteiger partial charge is 0.344 e. The Morgan fingerprint density at radius 3 is 2.70 bits per heavy atom. The molecule has 0 bridgehead atoms. The van der Waals surface area contributed by atoms with Gasteiger partial charge in [-0.05, 0) is 17.7 Å². The molecule has 1 saturated carbocycles. The second-order valence-electron chi connectivity index (χ2n) is 5.50. The third kappa shape index (κ3) is 3.36. The maximum absolute atomic E-state index is 14.6. The van der Waals surface area contributed by atoms with Crippen LogP contribution in [0.25, 0.3) is 0 Å². The van der Waals surface area contributed by atoms with Gasteiger partial charge in [-0.15, -0.1) is 0 Å². The Labute approximate surface area is 132 Å². The van der Waals surface area contributed by atoms with Gasteiger partial charge in [-0.1, -0.05) is 30.3 Å². The van der Waals surface area contributed by atoms with Crippen LogP contribution >= 0.6 is 0 Å². The maximum atomic E-state index is 14.6. The summed E-state index contributed by atoms with van der Waals surface area (Å²) in [4.78, 5) is 27.6. The van der Waals surface area contributed by atoms with E-state index in [0.717, 1.165) is 5.56 Å². The molecule has 2 amide bonds. The maximum Gasteiger partial charge on any atom is 0.258 e. The standard InChI is InChI=1S/C17H16FN3O2/c18-17(9-14(17)12-5-2-1-3-6-12)16(23)20-11-15(22)21-13-7-4-8-19-10-13/h1-8,10,14H,9,11H2,(H,20,23)(H,21,22)/t14-,17-/m0/s1. The van der Waals surface area contributed by atoms with Crippen LogP contribution in [-0.4, -0.2) is 29.0 Å². The number of hydrogen-bond acceptors (Lipinski definition) is 3. The molecule has 0 unspecified atom stereocenters. The number of amides is 2. The molecule has 0 radical (unpaired) electrons. The summed E-state index contributed by atoms with van der Waals surface area (Å²) in [6, 6.07) is 12.4. The second-order valence-corrected chi connectivity index (χ2v) is 5.50. The fourth-order valence-electron chi connectivity index (χ4n) is 2.51. The van der Waals surface area contributed by atoms with Gasteiger partial charge in [-0.2, -0.15) is 0 Å². The van der Waals surface area contributed by atoms with Crippen molar-refractivity contribution in [1.29, 1.82) is 0 Å². The van der Waals surface area contributed by atoms with Crippen LogP contribution in [0.15, 0.2) is 54.9 Å². The zero-order valence-electron chi connectivity index (χ0n) is 12.3. The summed E-state index contributed by atoms with van der Waals surface area (Å²) in [7, 11) is 0. The topological polar surface area (TPSA) is 71.1 Å². The number of rotatable bonds is 5. The molecule has 0 spiro atoms. The highest BCUT2D eigenvalue weighted by Crippen LogP contribution is 2.54. The Bertz CT molecular complexity index is 708. The van der Waals surface area contributed by atoms with E-state index in [1.54, 1.807) is 30.5 Å². The highest BCUT2D eigenvalue weighted by molar-refractivity contribution is 5.97. The Kier molecular flexibility index (Phi) is 4.06. The Morgan fingerprint density at radius 1 is 1.22 bits per heavy atom. The molecule has 1 heterocycles. The minimum absolute atomic E-state index is 0.146. The molecule has 0 aliphatic heterocycles. The summed E-state index contributed by atoms with van der Waals surface area (Å²) < 4.78 is 14.6. The molecular formula is C17H16FN3O2.